The Hall–Kier alpha value is -3.55. The van der Waals surface area contributed by atoms with Crippen molar-refractivity contribution in [2.45, 2.75) is 38.4 Å². The molecule has 4 rings (SSSR count). The van der Waals surface area contributed by atoms with E-state index in [1.165, 1.54) is 28.8 Å². The molecule has 4 N–H and O–H groups in total. The lowest BCUT2D eigenvalue weighted by atomic mass is 10.1. The number of nitrogens with two attached hydrogens (primary N) is 1. The predicted molar refractivity (Wildman–Crippen MR) is 115 cm³/mol. The molecular formula is C23H25FN4O3. The van der Waals surface area contributed by atoms with E-state index in [4.69, 9.17) is 10.5 Å². The third-order valence-electron chi connectivity index (χ3n) is 5.61. The smallest absolute Gasteiger partial charge is 0.316 e. The lowest BCUT2D eigenvalue weighted by Gasteiger charge is -2.28. The summed E-state index contributed by atoms with van der Waals surface area (Å²) in [6.45, 7) is 2.69. The van der Waals surface area contributed by atoms with Gasteiger partial charge in [0.05, 0.1) is 11.7 Å². The van der Waals surface area contributed by atoms with Gasteiger partial charge in [0.1, 0.15) is 11.6 Å². The molecule has 162 valence electrons. The standard InChI is InChI=1S/C23H25FN4O3/c1-14-2-4-15(5-3-14)11-28-12-16-8-18(28)10-19(16)26-22(29)13-31-21-7-6-17(24)9-20(21)27-23(25)30/h2-7,9,12,18-19H,8,10-11,13H2,1H3,(H,26,29)(H3,25,27,30)/t18-,19+/m0/s1. The number of primary amides is 1. The van der Waals surface area contributed by atoms with Crippen LogP contribution in [0, 0.1) is 12.7 Å². The Labute approximate surface area is 180 Å². The first kappa shape index (κ1) is 20.7. The Morgan fingerprint density at radius 3 is 2.68 bits per heavy atom. The number of rotatable bonds is 7. The van der Waals surface area contributed by atoms with Crippen LogP contribution in [0.4, 0.5) is 14.9 Å². The van der Waals surface area contributed by atoms with Gasteiger partial charge in [-0.15, -0.1) is 0 Å². The van der Waals surface area contributed by atoms with E-state index >= 15 is 0 Å². The SMILES string of the molecule is Cc1ccc(CN2C=C3C[C@H]2C[C@H]3NC(=O)COc2ccc(F)cc2NC(N)=O)cc1. The highest BCUT2D eigenvalue weighted by molar-refractivity contribution is 5.89. The monoisotopic (exact) mass is 424 g/mol. The van der Waals surface area contributed by atoms with Crippen LogP contribution in [0.1, 0.15) is 24.0 Å². The van der Waals surface area contributed by atoms with Gasteiger partial charge in [-0.05, 0) is 43.0 Å². The van der Waals surface area contributed by atoms with E-state index in [0.29, 0.717) is 6.04 Å². The summed E-state index contributed by atoms with van der Waals surface area (Å²) >= 11 is 0. The largest absolute Gasteiger partial charge is 0.482 e. The lowest BCUT2D eigenvalue weighted by Crippen LogP contribution is -2.41. The highest BCUT2D eigenvalue weighted by atomic mass is 19.1. The van der Waals surface area contributed by atoms with Gasteiger partial charge in [0.15, 0.2) is 6.61 Å². The number of hydrogen-bond acceptors (Lipinski definition) is 4. The number of carbonyl (C=O) groups is 2. The first-order valence-electron chi connectivity index (χ1n) is 10.2. The quantitative estimate of drug-likeness (QED) is 0.637. The number of hydrogen-bond donors (Lipinski definition) is 3. The van der Waals surface area contributed by atoms with E-state index in [1.807, 2.05) is 0 Å². The second-order valence-corrected chi connectivity index (χ2v) is 7.99. The Balaban J connectivity index is 1.31. The van der Waals surface area contributed by atoms with Gasteiger partial charge >= 0.3 is 6.03 Å². The third kappa shape index (κ3) is 4.96. The molecule has 0 aromatic heterocycles. The molecule has 0 spiro atoms. The number of carbonyl (C=O) groups excluding carboxylic acids is 2. The molecule has 0 saturated heterocycles. The molecule has 2 aliphatic rings. The first-order chi connectivity index (χ1) is 14.9. The number of anilines is 1. The van der Waals surface area contributed by atoms with Crippen LogP contribution in [0.25, 0.3) is 0 Å². The molecule has 8 heteroatoms. The fourth-order valence-electron chi connectivity index (χ4n) is 4.10. The predicted octanol–water partition coefficient (Wildman–Crippen LogP) is 3.05. The van der Waals surface area contributed by atoms with Gasteiger partial charge in [0, 0.05) is 24.9 Å². The van der Waals surface area contributed by atoms with Crippen LogP contribution >= 0.6 is 0 Å². The summed E-state index contributed by atoms with van der Waals surface area (Å²) in [5.41, 5.74) is 8.89. The molecule has 1 saturated carbocycles. The number of halogens is 1. The number of amides is 3. The number of benzene rings is 2. The van der Waals surface area contributed by atoms with Gasteiger partial charge in [0.25, 0.3) is 5.91 Å². The summed E-state index contributed by atoms with van der Waals surface area (Å²) in [4.78, 5) is 25.8. The average molecular weight is 424 g/mol. The van der Waals surface area contributed by atoms with Crippen LogP contribution in [-0.2, 0) is 11.3 Å². The van der Waals surface area contributed by atoms with E-state index in [2.05, 4.69) is 52.9 Å². The minimum absolute atomic E-state index is 0.00759. The molecule has 2 atom stereocenters. The third-order valence-corrected chi connectivity index (χ3v) is 5.61. The topological polar surface area (TPSA) is 96.7 Å². The number of ether oxygens (including phenoxy) is 1. The molecule has 31 heavy (non-hydrogen) atoms. The molecule has 2 aromatic rings. The fourth-order valence-corrected chi connectivity index (χ4v) is 4.10. The van der Waals surface area contributed by atoms with Gasteiger partial charge in [0.2, 0.25) is 0 Å². The molecular weight excluding hydrogens is 399 g/mol. The number of urea groups is 1. The van der Waals surface area contributed by atoms with Gasteiger partial charge in [-0.3, -0.25) is 4.79 Å². The molecule has 1 aliphatic carbocycles. The van der Waals surface area contributed by atoms with Crippen molar-refractivity contribution < 1.29 is 18.7 Å². The second-order valence-electron chi connectivity index (χ2n) is 7.99. The van der Waals surface area contributed by atoms with Crippen LogP contribution < -0.4 is 21.1 Å². The van der Waals surface area contributed by atoms with Crippen molar-refractivity contribution in [3.63, 3.8) is 0 Å². The molecule has 1 heterocycles. The van der Waals surface area contributed by atoms with E-state index < -0.39 is 11.8 Å². The van der Waals surface area contributed by atoms with Crippen molar-refractivity contribution >= 4 is 17.6 Å². The summed E-state index contributed by atoms with van der Waals surface area (Å²) in [5.74, 6) is -0.658. The van der Waals surface area contributed by atoms with Gasteiger partial charge in [-0.25, -0.2) is 9.18 Å². The van der Waals surface area contributed by atoms with Crippen molar-refractivity contribution in [3.8, 4) is 5.75 Å². The molecule has 2 aromatic carbocycles. The number of fused-ring (bicyclic) bond motifs is 2. The summed E-state index contributed by atoms with van der Waals surface area (Å²) < 4.78 is 18.9. The van der Waals surface area contributed by atoms with Crippen molar-refractivity contribution in [1.82, 2.24) is 10.2 Å². The summed E-state index contributed by atoms with van der Waals surface area (Å²) in [5, 5.41) is 5.29. The minimum atomic E-state index is -0.844. The number of nitrogens with one attached hydrogen (secondary N) is 2. The van der Waals surface area contributed by atoms with Crippen molar-refractivity contribution in [3.05, 3.63) is 71.2 Å². The Kier molecular flexibility index (Phi) is 5.79. The van der Waals surface area contributed by atoms with Gasteiger partial charge in [-0.2, -0.15) is 0 Å². The normalized spacial score (nSPS) is 19.2. The molecule has 0 unspecified atom stereocenters. The molecule has 3 amide bonds. The maximum atomic E-state index is 13.4. The van der Waals surface area contributed by atoms with Crippen molar-refractivity contribution in [2.75, 3.05) is 11.9 Å². The average Bonchev–Trinajstić information content (AvgIpc) is 3.28. The molecule has 2 bridgehead atoms. The highest BCUT2D eigenvalue weighted by Crippen LogP contribution is 2.37. The maximum Gasteiger partial charge on any atom is 0.316 e. The van der Waals surface area contributed by atoms with Crippen LogP contribution in [-0.4, -0.2) is 35.5 Å². The molecule has 1 fully saturated rings. The number of aryl methyl sites for hydroxylation is 1. The summed E-state index contributed by atoms with van der Waals surface area (Å²) in [7, 11) is 0. The van der Waals surface area contributed by atoms with Gasteiger partial charge in [-0.1, -0.05) is 29.8 Å². The second kappa shape index (κ2) is 8.67. The van der Waals surface area contributed by atoms with Crippen LogP contribution in [0.3, 0.4) is 0 Å². The maximum absolute atomic E-state index is 13.4. The molecule has 7 nitrogen and oxygen atoms in total. The van der Waals surface area contributed by atoms with Crippen LogP contribution in [0.5, 0.6) is 5.75 Å². The first-order valence-corrected chi connectivity index (χ1v) is 10.2. The van der Waals surface area contributed by atoms with E-state index in [0.717, 1.165) is 25.5 Å². The van der Waals surface area contributed by atoms with Crippen molar-refractivity contribution in [2.24, 2.45) is 5.73 Å². The zero-order valence-electron chi connectivity index (χ0n) is 17.2. The zero-order chi connectivity index (χ0) is 22.0. The van der Waals surface area contributed by atoms with Crippen LogP contribution in [0.15, 0.2) is 54.2 Å². The summed E-state index contributed by atoms with van der Waals surface area (Å²) in [6, 6.07) is 11.7. The summed E-state index contributed by atoms with van der Waals surface area (Å²) in [6.07, 6.45) is 3.95. The molecule has 0 radical (unpaired) electrons. The van der Waals surface area contributed by atoms with E-state index in [9.17, 15) is 14.0 Å². The van der Waals surface area contributed by atoms with Gasteiger partial charge < -0.3 is 26.0 Å². The molecule has 1 aliphatic heterocycles. The van der Waals surface area contributed by atoms with E-state index in [-0.39, 0.29) is 30.0 Å². The highest BCUT2D eigenvalue weighted by Gasteiger charge is 2.38. The Bertz CT molecular complexity index is 1020. The minimum Gasteiger partial charge on any atom is -0.482 e. The lowest BCUT2D eigenvalue weighted by molar-refractivity contribution is -0.123. The van der Waals surface area contributed by atoms with Crippen LogP contribution in [0.2, 0.25) is 0 Å². The van der Waals surface area contributed by atoms with Crippen molar-refractivity contribution in [1.29, 1.82) is 0 Å². The zero-order valence-corrected chi connectivity index (χ0v) is 17.2. The van der Waals surface area contributed by atoms with E-state index in [1.54, 1.807) is 0 Å². The fraction of sp³-hybridized carbons (Fsp3) is 0.304. The Morgan fingerprint density at radius 2 is 2.00 bits per heavy atom. The number of nitrogens with zero attached hydrogens (tertiary/aromatic N) is 1. The Morgan fingerprint density at radius 1 is 1.23 bits per heavy atom.